The summed E-state index contributed by atoms with van der Waals surface area (Å²) in [5.74, 6) is 0.486. The second-order valence-electron chi connectivity index (χ2n) is 5.47. The molecule has 0 N–H and O–H groups in total. The Labute approximate surface area is 120 Å². The average Bonchev–Trinajstić information content (AvgIpc) is 2.81. The lowest BCUT2D eigenvalue weighted by molar-refractivity contribution is -0.250. The van der Waals surface area contributed by atoms with Gasteiger partial charge >= 0.3 is 5.97 Å². The Bertz CT molecular complexity index is 378. The Balaban J connectivity index is 2.12. The van der Waals surface area contributed by atoms with Crippen molar-refractivity contribution in [3.8, 4) is 0 Å². The van der Waals surface area contributed by atoms with Crippen LogP contribution in [0, 0.1) is 17.8 Å². The Morgan fingerprint density at radius 3 is 2.90 bits per heavy atom. The van der Waals surface area contributed by atoms with Gasteiger partial charge in [-0.2, -0.15) is 0 Å². The fourth-order valence-corrected chi connectivity index (χ4v) is 3.27. The van der Waals surface area contributed by atoms with E-state index in [0.717, 1.165) is 12.8 Å². The zero-order valence-electron chi connectivity index (χ0n) is 12.6. The topological polar surface area (TPSA) is 54.0 Å². The Morgan fingerprint density at radius 2 is 2.25 bits per heavy atom. The van der Waals surface area contributed by atoms with Crippen molar-refractivity contribution in [1.29, 1.82) is 0 Å². The lowest BCUT2D eigenvalue weighted by Gasteiger charge is -2.36. The van der Waals surface area contributed by atoms with E-state index >= 15 is 0 Å². The van der Waals surface area contributed by atoms with Crippen LogP contribution in [0.1, 0.15) is 33.6 Å². The van der Waals surface area contributed by atoms with E-state index in [1.807, 2.05) is 13.8 Å². The number of fused-ring (bicyclic) bond motifs is 1. The molecule has 5 nitrogen and oxygen atoms in total. The predicted molar refractivity (Wildman–Crippen MR) is 72.5 cm³/mol. The van der Waals surface area contributed by atoms with Gasteiger partial charge in [0.25, 0.3) is 0 Å². The van der Waals surface area contributed by atoms with Gasteiger partial charge < -0.3 is 18.9 Å². The molecule has 0 spiro atoms. The van der Waals surface area contributed by atoms with Crippen molar-refractivity contribution < 1.29 is 23.7 Å². The summed E-state index contributed by atoms with van der Waals surface area (Å²) in [6.45, 7) is 6.57. The normalized spacial score (nSPS) is 33.9. The van der Waals surface area contributed by atoms with Crippen molar-refractivity contribution in [1.82, 2.24) is 0 Å². The summed E-state index contributed by atoms with van der Waals surface area (Å²) >= 11 is 0. The molecule has 1 aliphatic carbocycles. The molecule has 0 aromatic carbocycles. The number of carbonyl (C=O) groups excluding carboxylic acids is 1. The summed E-state index contributed by atoms with van der Waals surface area (Å²) in [5, 5.41) is 0. The third-order valence-electron chi connectivity index (χ3n) is 4.25. The second kappa shape index (κ2) is 6.59. The molecular weight excluding hydrogens is 260 g/mol. The van der Waals surface area contributed by atoms with Crippen LogP contribution in [0.5, 0.6) is 0 Å². The number of methoxy groups -OCH3 is 1. The highest BCUT2D eigenvalue weighted by Gasteiger charge is 2.47. The molecule has 20 heavy (non-hydrogen) atoms. The lowest BCUT2D eigenvalue weighted by atomic mass is 9.83. The number of esters is 1. The Kier molecular flexibility index (Phi) is 5.05. The summed E-state index contributed by atoms with van der Waals surface area (Å²) in [6.07, 6.45) is 2.88. The molecule has 5 heteroatoms. The van der Waals surface area contributed by atoms with Crippen LogP contribution >= 0.6 is 0 Å². The van der Waals surface area contributed by atoms with E-state index in [0.29, 0.717) is 18.1 Å². The highest BCUT2D eigenvalue weighted by molar-refractivity contribution is 5.88. The first-order valence-corrected chi connectivity index (χ1v) is 7.29. The largest absolute Gasteiger partial charge is 0.472 e. The molecule has 0 amide bonds. The minimum atomic E-state index is -0.354. The van der Waals surface area contributed by atoms with Crippen LogP contribution in [0.4, 0.5) is 0 Å². The van der Waals surface area contributed by atoms with Crippen molar-refractivity contribution in [2.75, 3.05) is 13.7 Å². The molecule has 0 radical (unpaired) electrons. The standard InChI is InChI=1S/C15H24O5/c1-5-18-10(3)20-15-13-9(2)6-7-11(13)12(8-19-15)14(16)17-4/h8-11,13,15H,5-7H2,1-4H3/t9?,10?,11-,13-,15-/m1/s1. The third-order valence-corrected chi connectivity index (χ3v) is 4.25. The van der Waals surface area contributed by atoms with E-state index < -0.39 is 0 Å². The predicted octanol–water partition coefficient (Wildman–Crippen LogP) is 2.46. The van der Waals surface area contributed by atoms with E-state index in [1.165, 1.54) is 13.4 Å². The van der Waals surface area contributed by atoms with Gasteiger partial charge in [0.2, 0.25) is 6.29 Å². The van der Waals surface area contributed by atoms with Crippen LogP contribution in [-0.2, 0) is 23.7 Å². The molecule has 0 aromatic rings. The summed E-state index contributed by atoms with van der Waals surface area (Å²) in [6, 6.07) is 0. The van der Waals surface area contributed by atoms with Gasteiger partial charge in [-0.05, 0) is 32.6 Å². The van der Waals surface area contributed by atoms with Crippen molar-refractivity contribution in [3.63, 3.8) is 0 Å². The molecule has 2 unspecified atom stereocenters. The van der Waals surface area contributed by atoms with Crippen LogP contribution in [0.15, 0.2) is 11.8 Å². The van der Waals surface area contributed by atoms with Crippen molar-refractivity contribution >= 4 is 5.97 Å². The van der Waals surface area contributed by atoms with Gasteiger partial charge in [0, 0.05) is 18.4 Å². The highest BCUT2D eigenvalue weighted by atomic mass is 16.8. The van der Waals surface area contributed by atoms with Gasteiger partial charge in [-0.15, -0.1) is 0 Å². The summed E-state index contributed by atoms with van der Waals surface area (Å²) < 4.78 is 21.7. The van der Waals surface area contributed by atoms with Gasteiger partial charge in [-0.25, -0.2) is 4.79 Å². The molecule has 2 rings (SSSR count). The molecule has 5 atom stereocenters. The van der Waals surface area contributed by atoms with Crippen LogP contribution in [-0.4, -0.2) is 32.3 Å². The summed E-state index contributed by atoms with van der Waals surface area (Å²) in [4.78, 5) is 11.8. The molecule has 0 bridgehead atoms. The van der Waals surface area contributed by atoms with Gasteiger partial charge in [0.1, 0.15) is 0 Å². The number of ether oxygens (including phenoxy) is 4. The molecule has 1 fully saturated rings. The first-order valence-electron chi connectivity index (χ1n) is 7.29. The molecule has 1 heterocycles. The van der Waals surface area contributed by atoms with E-state index in [-0.39, 0.29) is 30.4 Å². The minimum Gasteiger partial charge on any atom is -0.472 e. The molecule has 0 aromatic heterocycles. The van der Waals surface area contributed by atoms with Crippen LogP contribution in [0.2, 0.25) is 0 Å². The highest BCUT2D eigenvalue weighted by Crippen LogP contribution is 2.47. The third kappa shape index (κ3) is 2.99. The minimum absolute atomic E-state index is 0.157. The number of rotatable bonds is 5. The summed E-state index contributed by atoms with van der Waals surface area (Å²) in [5.41, 5.74) is 0.630. The monoisotopic (exact) mass is 284 g/mol. The zero-order chi connectivity index (χ0) is 14.7. The molecule has 1 saturated carbocycles. The Morgan fingerprint density at radius 1 is 1.50 bits per heavy atom. The lowest BCUT2D eigenvalue weighted by Crippen LogP contribution is -2.39. The van der Waals surface area contributed by atoms with E-state index in [9.17, 15) is 4.79 Å². The van der Waals surface area contributed by atoms with E-state index in [1.54, 1.807) is 0 Å². The van der Waals surface area contributed by atoms with Crippen molar-refractivity contribution in [2.45, 2.75) is 46.2 Å². The van der Waals surface area contributed by atoms with E-state index in [2.05, 4.69) is 6.92 Å². The second-order valence-corrected chi connectivity index (χ2v) is 5.47. The molecule has 1 aliphatic heterocycles. The zero-order valence-corrected chi connectivity index (χ0v) is 12.6. The maximum Gasteiger partial charge on any atom is 0.337 e. The van der Waals surface area contributed by atoms with Crippen molar-refractivity contribution in [3.05, 3.63) is 11.8 Å². The SMILES string of the molecule is CCOC(C)O[C@H]1OC=C(C(=O)OC)[C@H]2CCC(C)[C@@H]12. The van der Waals surface area contributed by atoms with Gasteiger partial charge in [-0.1, -0.05) is 6.92 Å². The van der Waals surface area contributed by atoms with Crippen molar-refractivity contribution in [2.24, 2.45) is 17.8 Å². The van der Waals surface area contributed by atoms with Crippen LogP contribution in [0.25, 0.3) is 0 Å². The van der Waals surface area contributed by atoms with E-state index in [4.69, 9.17) is 18.9 Å². The van der Waals surface area contributed by atoms with Crippen LogP contribution < -0.4 is 0 Å². The maximum atomic E-state index is 11.8. The molecular formula is C15H24O5. The Hall–Kier alpha value is -1.07. The van der Waals surface area contributed by atoms with Gasteiger partial charge in [-0.3, -0.25) is 0 Å². The first-order chi connectivity index (χ1) is 9.58. The molecule has 114 valence electrons. The first kappa shape index (κ1) is 15.3. The fourth-order valence-electron chi connectivity index (χ4n) is 3.27. The summed E-state index contributed by atoms with van der Waals surface area (Å²) in [7, 11) is 1.40. The maximum absolute atomic E-state index is 11.8. The smallest absolute Gasteiger partial charge is 0.337 e. The number of carbonyl (C=O) groups is 1. The fraction of sp³-hybridized carbons (Fsp3) is 0.800. The molecule has 2 aliphatic rings. The van der Waals surface area contributed by atoms with Crippen LogP contribution in [0.3, 0.4) is 0 Å². The van der Waals surface area contributed by atoms with Gasteiger partial charge in [0.05, 0.1) is 18.9 Å². The number of hydrogen-bond acceptors (Lipinski definition) is 5. The van der Waals surface area contributed by atoms with Gasteiger partial charge in [0.15, 0.2) is 6.29 Å². The quantitative estimate of drug-likeness (QED) is 0.573. The average molecular weight is 284 g/mol. The molecule has 0 saturated heterocycles. The number of hydrogen-bond donors (Lipinski definition) is 0.